The number of hydrogen-bond donors (Lipinski definition) is 0. The molecule has 0 fully saturated rings. The zero-order valence-electron chi connectivity index (χ0n) is 7.69. The van der Waals surface area contributed by atoms with Crippen LogP contribution in [0.1, 0.15) is 6.42 Å². The van der Waals surface area contributed by atoms with E-state index in [1.807, 2.05) is 0 Å². The van der Waals surface area contributed by atoms with Crippen LogP contribution in [-0.2, 0) is 0 Å². The Bertz CT molecular complexity index is 311. The van der Waals surface area contributed by atoms with Gasteiger partial charge in [-0.05, 0) is 11.2 Å². The first kappa shape index (κ1) is 12.9. The van der Waals surface area contributed by atoms with Crippen molar-refractivity contribution in [1.29, 1.82) is 0 Å². The number of rotatable bonds is 3. The molecule has 0 aromatic heterocycles. The Morgan fingerprint density at radius 2 is 1.60 bits per heavy atom. The minimum absolute atomic E-state index is 0.205. The molecule has 1 aromatic rings. The predicted octanol–water partition coefficient (Wildman–Crippen LogP) is 3.77. The third-order valence-electron chi connectivity index (χ3n) is 1.92. The van der Waals surface area contributed by atoms with Gasteiger partial charge in [-0.2, -0.15) is 13.2 Å². The van der Waals surface area contributed by atoms with Crippen molar-refractivity contribution in [3.05, 3.63) is 30.3 Å². The van der Waals surface area contributed by atoms with Gasteiger partial charge in [0, 0.05) is 6.42 Å². The third kappa shape index (κ3) is 4.45. The maximum atomic E-state index is 12.0. The van der Waals surface area contributed by atoms with Crippen LogP contribution in [0.2, 0.25) is 6.04 Å². The van der Waals surface area contributed by atoms with Crippen LogP contribution in [0.4, 0.5) is 13.2 Å². The van der Waals surface area contributed by atoms with Gasteiger partial charge in [-0.25, -0.2) is 0 Å². The summed E-state index contributed by atoms with van der Waals surface area (Å²) in [5.74, 6) is 0. The monoisotopic (exact) mass is 272 g/mol. The Morgan fingerprint density at radius 3 is 2.07 bits per heavy atom. The summed E-state index contributed by atoms with van der Waals surface area (Å²) in [6.07, 6.45) is -5.13. The normalized spacial score (nSPS) is 12.9. The predicted molar refractivity (Wildman–Crippen MR) is 59.0 cm³/mol. The molecule has 84 valence electrons. The molecular weight excluding hydrogens is 264 g/mol. The molecule has 1 rings (SSSR count). The molecule has 0 radical (unpaired) electrons. The Kier molecular flexibility index (Phi) is 4.09. The Hall–Kier alpha value is -0.193. The highest BCUT2D eigenvalue weighted by Gasteiger charge is 2.37. The Balaban J connectivity index is 2.68. The van der Waals surface area contributed by atoms with Crippen LogP contribution >= 0.6 is 22.2 Å². The number of alkyl halides is 3. The van der Waals surface area contributed by atoms with Gasteiger partial charge in [0.1, 0.15) is 0 Å². The van der Waals surface area contributed by atoms with Crippen LogP contribution in [0.15, 0.2) is 30.3 Å². The van der Waals surface area contributed by atoms with Crippen LogP contribution in [-0.4, -0.2) is 12.9 Å². The fourth-order valence-electron chi connectivity index (χ4n) is 1.13. The quantitative estimate of drug-likeness (QED) is 0.581. The maximum Gasteiger partial charge on any atom is 0.388 e. The molecule has 0 spiro atoms. The van der Waals surface area contributed by atoms with E-state index >= 15 is 0 Å². The Morgan fingerprint density at radius 1 is 1.07 bits per heavy atom. The van der Waals surface area contributed by atoms with Crippen molar-refractivity contribution in [3.8, 4) is 0 Å². The van der Waals surface area contributed by atoms with Gasteiger partial charge in [-0.3, -0.25) is 0 Å². The van der Waals surface area contributed by atoms with Crippen molar-refractivity contribution in [1.82, 2.24) is 0 Å². The summed E-state index contributed by atoms with van der Waals surface area (Å²) in [7, 11) is 0. The second kappa shape index (κ2) is 4.76. The molecule has 0 atom stereocenters. The van der Waals surface area contributed by atoms with Crippen LogP contribution in [0, 0.1) is 0 Å². The first-order chi connectivity index (χ1) is 6.81. The lowest BCUT2D eigenvalue weighted by Crippen LogP contribution is -2.37. The van der Waals surface area contributed by atoms with Crippen LogP contribution in [0.25, 0.3) is 0 Å². The fourth-order valence-corrected chi connectivity index (χ4v) is 4.01. The topological polar surface area (TPSA) is 0 Å². The lowest BCUT2D eigenvalue weighted by molar-refractivity contribution is -0.130. The largest absolute Gasteiger partial charge is 0.388 e. The maximum absolute atomic E-state index is 12.0. The zero-order valence-corrected chi connectivity index (χ0v) is 10.2. The molecule has 1 aromatic carbocycles. The van der Waals surface area contributed by atoms with E-state index in [1.54, 1.807) is 30.3 Å². The molecule has 0 aliphatic carbocycles. The van der Waals surface area contributed by atoms with Gasteiger partial charge in [0.05, 0.1) is 0 Å². The van der Waals surface area contributed by atoms with Gasteiger partial charge in [-0.1, -0.05) is 30.3 Å². The number of halogens is 5. The molecule has 15 heavy (non-hydrogen) atoms. The lowest BCUT2D eigenvalue weighted by atomic mass is 10.4. The summed E-state index contributed by atoms with van der Waals surface area (Å²) >= 11 is 11.9. The first-order valence-electron chi connectivity index (χ1n) is 4.31. The SMILES string of the molecule is FC(F)(F)CC[Si](Cl)(Cl)c1ccccc1. The van der Waals surface area contributed by atoms with E-state index in [9.17, 15) is 13.2 Å². The van der Waals surface area contributed by atoms with Gasteiger partial charge in [0.2, 0.25) is 0 Å². The Labute approximate surface area is 96.4 Å². The highest BCUT2D eigenvalue weighted by atomic mass is 35.7. The van der Waals surface area contributed by atoms with Gasteiger partial charge in [-0.15, -0.1) is 22.2 Å². The molecule has 0 aliphatic heterocycles. The summed E-state index contributed by atoms with van der Waals surface area (Å²) in [4.78, 5) is 0. The molecule has 0 amide bonds. The molecule has 0 saturated heterocycles. The number of benzene rings is 1. The van der Waals surface area contributed by atoms with Crippen LogP contribution in [0.5, 0.6) is 0 Å². The molecule has 0 N–H and O–H groups in total. The first-order valence-corrected chi connectivity index (χ1v) is 8.54. The summed E-state index contributed by atoms with van der Waals surface area (Å²) in [6, 6.07) is 8.34. The summed E-state index contributed by atoms with van der Waals surface area (Å²) in [5, 5.41) is 0.623. The minimum atomic E-state index is -4.20. The van der Waals surface area contributed by atoms with Crippen LogP contribution in [0.3, 0.4) is 0 Å². The van der Waals surface area contributed by atoms with Crippen molar-refractivity contribution in [2.45, 2.75) is 18.6 Å². The fraction of sp³-hybridized carbons (Fsp3) is 0.333. The van der Waals surface area contributed by atoms with E-state index in [0.717, 1.165) is 0 Å². The molecule has 6 heteroatoms. The van der Waals surface area contributed by atoms with Crippen molar-refractivity contribution in [2.24, 2.45) is 0 Å². The van der Waals surface area contributed by atoms with E-state index in [0.29, 0.717) is 5.19 Å². The molecule has 0 heterocycles. The van der Waals surface area contributed by atoms with Gasteiger partial charge in [0.25, 0.3) is 6.69 Å². The van der Waals surface area contributed by atoms with E-state index in [1.165, 1.54) is 0 Å². The van der Waals surface area contributed by atoms with Crippen molar-refractivity contribution < 1.29 is 13.2 Å². The summed E-state index contributed by atoms with van der Waals surface area (Å²) in [6.45, 7) is -2.96. The van der Waals surface area contributed by atoms with Gasteiger partial charge in [0.15, 0.2) is 0 Å². The minimum Gasteiger partial charge on any atom is -0.171 e. The lowest BCUT2D eigenvalue weighted by Gasteiger charge is -2.17. The second-order valence-electron chi connectivity index (χ2n) is 3.19. The van der Waals surface area contributed by atoms with E-state index in [2.05, 4.69) is 0 Å². The average molecular weight is 273 g/mol. The van der Waals surface area contributed by atoms with Gasteiger partial charge >= 0.3 is 6.18 Å². The molecule has 0 aliphatic rings. The van der Waals surface area contributed by atoms with Crippen LogP contribution < -0.4 is 5.19 Å². The molecule has 0 saturated carbocycles. The van der Waals surface area contributed by atoms with E-state index in [4.69, 9.17) is 22.2 Å². The molecule has 0 bridgehead atoms. The second-order valence-corrected chi connectivity index (χ2v) is 10.1. The smallest absolute Gasteiger partial charge is 0.171 e. The zero-order chi connectivity index (χ0) is 11.5. The van der Waals surface area contributed by atoms with E-state index < -0.39 is 19.3 Å². The average Bonchev–Trinajstić information content (AvgIpc) is 2.16. The summed E-state index contributed by atoms with van der Waals surface area (Å²) in [5.41, 5.74) is 0. The van der Waals surface area contributed by atoms with Crippen molar-refractivity contribution in [3.63, 3.8) is 0 Å². The molecular formula is C9H9Cl2F3Si. The standard InChI is InChI=1S/C9H9Cl2F3Si/c10-15(11,7-6-9(12,13)14)8-4-2-1-3-5-8/h1-5H,6-7H2. The number of hydrogen-bond acceptors (Lipinski definition) is 0. The highest BCUT2D eigenvalue weighted by Crippen LogP contribution is 2.29. The van der Waals surface area contributed by atoms with E-state index in [-0.39, 0.29) is 6.04 Å². The summed E-state index contributed by atoms with van der Waals surface area (Å²) < 4.78 is 36.0. The molecule has 0 unspecified atom stereocenters. The van der Waals surface area contributed by atoms with Gasteiger partial charge < -0.3 is 0 Å². The van der Waals surface area contributed by atoms with Crippen molar-refractivity contribution in [2.75, 3.05) is 0 Å². The highest BCUT2D eigenvalue weighted by molar-refractivity contribution is 7.50. The van der Waals surface area contributed by atoms with Crippen molar-refractivity contribution >= 4 is 34.0 Å². The third-order valence-corrected chi connectivity index (χ3v) is 6.42. The molecule has 0 nitrogen and oxygen atoms in total.